The molecule has 1 aromatic heterocycles. The number of carbonyl (C=O) groups excluding carboxylic acids is 1. The summed E-state index contributed by atoms with van der Waals surface area (Å²) in [5.41, 5.74) is 1.42. The van der Waals surface area contributed by atoms with Crippen LogP contribution in [0.4, 0.5) is 0 Å². The third kappa shape index (κ3) is 3.23. The van der Waals surface area contributed by atoms with Crippen LogP contribution >= 0.6 is 0 Å². The minimum absolute atomic E-state index is 0.0942. The Hall–Kier alpha value is -2.63. The van der Waals surface area contributed by atoms with E-state index in [2.05, 4.69) is 5.16 Å². The molecule has 0 aliphatic rings. The van der Waals surface area contributed by atoms with Gasteiger partial charge in [0.2, 0.25) is 5.76 Å². The molecule has 0 spiro atoms. The van der Waals surface area contributed by atoms with Crippen molar-refractivity contribution in [1.29, 1.82) is 0 Å². The van der Waals surface area contributed by atoms with Crippen LogP contribution in [0.5, 0.6) is 0 Å². The summed E-state index contributed by atoms with van der Waals surface area (Å²) in [7, 11) is 1.52. The predicted octanol–water partition coefficient (Wildman–Crippen LogP) is 1.89. The summed E-state index contributed by atoms with van der Waals surface area (Å²) < 4.78 is 5.02. The molecule has 1 amide bonds. The second-order valence-corrected chi connectivity index (χ2v) is 4.31. The monoisotopic (exact) mass is 274 g/mol. The molecule has 0 radical (unpaired) electrons. The van der Waals surface area contributed by atoms with Crippen molar-refractivity contribution in [3.05, 3.63) is 42.2 Å². The van der Waals surface area contributed by atoms with Gasteiger partial charge in [-0.25, -0.2) is 0 Å². The van der Waals surface area contributed by atoms with Gasteiger partial charge < -0.3 is 14.5 Å². The quantitative estimate of drug-likeness (QED) is 0.900. The summed E-state index contributed by atoms with van der Waals surface area (Å²) in [6, 6.07) is 10.9. The van der Waals surface area contributed by atoms with Crippen molar-refractivity contribution in [2.75, 3.05) is 13.6 Å². The van der Waals surface area contributed by atoms with Gasteiger partial charge in [-0.15, -0.1) is 0 Å². The van der Waals surface area contributed by atoms with Crippen molar-refractivity contribution in [3.8, 4) is 11.3 Å². The zero-order chi connectivity index (χ0) is 14.5. The molecule has 0 unspecified atom stereocenters. The van der Waals surface area contributed by atoms with E-state index >= 15 is 0 Å². The van der Waals surface area contributed by atoms with Crippen molar-refractivity contribution in [1.82, 2.24) is 10.1 Å². The Kier molecular flexibility index (Phi) is 4.14. The van der Waals surface area contributed by atoms with Crippen LogP contribution in [0.1, 0.15) is 17.0 Å². The molecule has 1 heterocycles. The van der Waals surface area contributed by atoms with Crippen molar-refractivity contribution in [2.24, 2.45) is 0 Å². The number of aromatic nitrogens is 1. The maximum Gasteiger partial charge on any atom is 0.305 e. The second kappa shape index (κ2) is 6.01. The second-order valence-electron chi connectivity index (χ2n) is 4.31. The smallest absolute Gasteiger partial charge is 0.305 e. The number of aliphatic carboxylic acids is 1. The Morgan fingerprint density at radius 1 is 1.30 bits per heavy atom. The zero-order valence-corrected chi connectivity index (χ0v) is 10.9. The molecular weight excluding hydrogens is 260 g/mol. The highest BCUT2D eigenvalue weighted by molar-refractivity contribution is 5.92. The van der Waals surface area contributed by atoms with E-state index in [1.165, 1.54) is 11.9 Å². The fourth-order valence-electron chi connectivity index (χ4n) is 1.67. The number of carboxylic acid groups (broad SMARTS) is 1. The Morgan fingerprint density at radius 2 is 2.00 bits per heavy atom. The highest BCUT2D eigenvalue weighted by Crippen LogP contribution is 2.19. The number of nitrogens with zero attached hydrogens (tertiary/aromatic N) is 2. The van der Waals surface area contributed by atoms with Gasteiger partial charge in [0.05, 0.1) is 6.42 Å². The zero-order valence-electron chi connectivity index (χ0n) is 10.9. The topological polar surface area (TPSA) is 83.6 Å². The van der Waals surface area contributed by atoms with Crippen molar-refractivity contribution in [3.63, 3.8) is 0 Å². The third-order valence-corrected chi connectivity index (χ3v) is 2.80. The van der Waals surface area contributed by atoms with Gasteiger partial charge in [0.15, 0.2) is 0 Å². The fourth-order valence-corrected chi connectivity index (χ4v) is 1.67. The third-order valence-electron chi connectivity index (χ3n) is 2.80. The Morgan fingerprint density at radius 3 is 2.65 bits per heavy atom. The average Bonchev–Trinajstić information content (AvgIpc) is 2.94. The first-order valence-corrected chi connectivity index (χ1v) is 6.07. The van der Waals surface area contributed by atoms with E-state index in [9.17, 15) is 9.59 Å². The molecule has 0 saturated carbocycles. The first-order valence-electron chi connectivity index (χ1n) is 6.07. The Labute approximate surface area is 115 Å². The number of hydrogen-bond donors (Lipinski definition) is 1. The summed E-state index contributed by atoms with van der Waals surface area (Å²) in [5.74, 6) is -1.25. The molecule has 0 aliphatic heterocycles. The van der Waals surface area contributed by atoms with Gasteiger partial charge >= 0.3 is 5.97 Å². The van der Waals surface area contributed by atoms with Gasteiger partial charge in [-0.2, -0.15) is 0 Å². The lowest BCUT2D eigenvalue weighted by atomic mass is 10.1. The SMILES string of the molecule is CN(CCC(=O)O)C(=O)c1cc(-c2ccccc2)no1. The molecule has 0 bridgehead atoms. The number of rotatable bonds is 5. The van der Waals surface area contributed by atoms with Crippen LogP contribution in [-0.2, 0) is 4.79 Å². The number of amides is 1. The van der Waals surface area contributed by atoms with E-state index in [4.69, 9.17) is 9.63 Å². The highest BCUT2D eigenvalue weighted by atomic mass is 16.5. The molecule has 20 heavy (non-hydrogen) atoms. The lowest BCUT2D eigenvalue weighted by molar-refractivity contribution is -0.137. The first-order chi connectivity index (χ1) is 9.58. The van der Waals surface area contributed by atoms with Crippen LogP contribution in [0, 0.1) is 0 Å². The molecule has 2 rings (SSSR count). The summed E-state index contributed by atoms with van der Waals surface area (Å²) in [4.78, 5) is 23.8. The normalized spacial score (nSPS) is 10.2. The molecule has 0 saturated heterocycles. The molecule has 6 nitrogen and oxygen atoms in total. The average molecular weight is 274 g/mol. The van der Waals surface area contributed by atoms with E-state index in [1.54, 1.807) is 6.07 Å². The maximum absolute atomic E-state index is 12.0. The summed E-state index contributed by atoms with van der Waals surface area (Å²) in [5, 5.41) is 12.4. The van der Waals surface area contributed by atoms with Crippen LogP contribution in [-0.4, -0.2) is 40.6 Å². The van der Waals surface area contributed by atoms with Gasteiger partial charge in [-0.1, -0.05) is 35.5 Å². The van der Waals surface area contributed by atoms with Gasteiger partial charge in [0.25, 0.3) is 5.91 Å². The van der Waals surface area contributed by atoms with Crippen molar-refractivity contribution in [2.45, 2.75) is 6.42 Å². The van der Waals surface area contributed by atoms with E-state index in [-0.39, 0.29) is 24.6 Å². The summed E-state index contributed by atoms with van der Waals surface area (Å²) in [6.07, 6.45) is -0.109. The lowest BCUT2D eigenvalue weighted by Crippen LogP contribution is -2.28. The van der Waals surface area contributed by atoms with Crippen molar-refractivity contribution < 1.29 is 19.2 Å². The molecule has 6 heteroatoms. The number of hydrogen-bond acceptors (Lipinski definition) is 4. The van der Waals surface area contributed by atoms with Crippen LogP contribution in [0.2, 0.25) is 0 Å². The summed E-state index contributed by atoms with van der Waals surface area (Å²) >= 11 is 0. The van der Waals surface area contributed by atoms with E-state index < -0.39 is 5.97 Å². The largest absolute Gasteiger partial charge is 0.481 e. The minimum atomic E-state index is -0.952. The Balaban J connectivity index is 2.08. The molecule has 0 aliphatic carbocycles. The molecule has 2 aromatic rings. The highest BCUT2D eigenvalue weighted by Gasteiger charge is 2.18. The van der Waals surface area contributed by atoms with E-state index in [1.807, 2.05) is 30.3 Å². The lowest BCUT2D eigenvalue weighted by Gasteiger charge is -2.13. The van der Waals surface area contributed by atoms with Crippen LogP contribution in [0.15, 0.2) is 40.9 Å². The molecule has 1 N–H and O–H groups in total. The predicted molar refractivity (Wildman–Crippen MR) is 71.2 cm³/mol. The molecule has 1 aromatic carbocycles. The molecular formula is C14H14N2O4. The molecule has 0 fully saturated rings. The van der Waals surface area contributed by atoms with E-state index in [0.717, 1.165) is 5.56 Å². The molecule has 104 valence electrons. The van der Waals surface area contributed by atoms with Gasteiger partial charge in [0, 0.05) is 25.2 Å². The Bertz CT molecular complexity index is 607. The maximum atomic E-state index is 12.0. The molecule has 0 atom stereocenters. The van der Waals surface area contributed by atoms with Crippen molar-refractivity contribution >= 4 is 11.9 Å². The van der Waals surface area contributed by atoms with Crippen LogP contribution < -0.4 is 0 Å². The standard InChI is InChI=1S/C14H14N2O4/c1-16(8-7-13(17)18)14(19)12-9-11(15-20-12)10-5-3-2-4-6-10/h2-6,9H,7-8H2,1H3,(H,17,18). The first kappa shape index (κ1) is 13.8. The summed E-state index contributed by atoms with van der Waals surface area (Å²) in [6.45, 7) is 0.121. The number of carbonyl (C=O) groups is 2. The van der Waals surface area contributed by atoms with Gasteiger partial charge in [-0.3, -0.25) is 9.59 Å². The van der Waals surface area contributed by atoms with Gasteiger partial charge in [0.1, 0.15) is 5.69 Å². The van der Waals surface area contributed by atoms with E-state index in [0.29, 0.717) is 5.69 Å². The minimum Gasteiger partial charge on any atom is -0.481 e. The number of benzene rings is 1. The number of carboxylic acids is 1. The van der Waals surface area contributed by atoms with Crippen LogP contribution in [0.25, 0.3) is 11.3 Å². The fraction of sp³-hybridized carbons (Fsp3) is 0.214. The van der Waals surface area contributed by atoms with Gasteiger partial charge in [-0.05, 0) is 0 Å². The van der Waals surface area contributed by atoms with Crippen LogP contribution in [0.3, 0.4) is 0 Å².